The number of esters is 1. The Morgan fingerprint density at radius 2 is 1.20 bits per heavy atom. The summed E-state index contributed by atoms with van der Waals surface area (Å²) in [7, 11) is 0. The molecule has 20 atom stereocenters. The quantitative estimate of drug-likeness (QED) is 0.0234. The van der Waals surface area contributed by atoms with E-state index in [9.17, 15) is 80.5 Å². The van der Waals surface area contributed by atoms with Gasteiger partial charge in [-0.05, 0) is 32.1 Å². The first-order valence-electron chi connectivity index (χ1n) is 33.5. The largest absolute Gasteiger partial charge is 0.477 e. The van der Waals surface area contributed by atoms with Crippen LogP contribution in [0.2, 0.25) is 0 Å². The number of rotatable bonds is 48. The zero-order valence-electron chi connectivity index (χ0n) is 53.8. The number of amides is 2. The minimum absolute atomic E-state index is 0.166. The molecule has 0 radical (unpaired) electrons. The van der Waals surface area contributed by atoms with Crippen molar-refractivity contribution in [3.63, 3.8) is 0 Å². The molecule has 3 unspecified atom stereocenters. The molecule has 14 N–H and O–H groups in total. The number of carbonyl (C=O) groups is 4. The second-order valence-corrected chi connectivity index (χ2v) is 25.0. The topological polar surface area (TPSA) is 400 Å². The Morgan fingerprint density at radius 3 is 1.74 bits per heavy atom. The van der Waals surface area contributed by atoms with Gasteiger partial charge in [-0.15, -0.1) is 0 Å². The SMILES string of the molecule is CCCCCCCCCCCCCCCCCCCC[C@@H](O)C(=O)N[C@@H](CO[C@@H]1O[C@H](CO[C@]2(C(=O)O)C[C@H](O)[C@@H](NC(=O)CO[C@@H]3O[C@@H](C)[C@H](OC(C)=O)[C@@H](O)[C@@H]3O)[C@H](C(O)C(O)CO)O2)[C@@H](O)[C@H](O)[C@H]1O)[C@H](O)/C=C/CCCCCCCCC(C)CC. The Kier molecular flexibility index (Phi) is 40.1. The fourth-order valence-corrected chi connectivity index (χ4v) is 11.4. The number of aliphatic hydroxyl groups is 11. The van der Waals surface area contributed by atoms with Gasteiger partial charge in [0.25, 0.3) is 5.79 Å². The second-order valence-electron chi connectivity index (χ2n) is 25.0. The highest BCUT2D eigenvalue weighted by Crippen LogP contribution is 2.35. The van der Waals surface area contributed by atoms with Crippen LogP contribution in [0.1, 0.15) is 221 Å². The highest BCUT2D eigenvalue weighted by molar-refractivity contribution is 5.81. The lowest BCUT2D eigenvalue weighted by Crippen LogP contribution is -2.69. The number of hydrogen-bond donors (Lipinski definition) is 14. The molecule has 25 nitrogen and oxygen atoms in total. The van der Waals surface area contributed by atoms with Crippen LogP contribution in [-0.2, 0) is 52.3 Å². The Labute approximate surface area is 527 Å². The van der Waals surface area contributed by atoms with Crippen LogP contribution in [0.25, 0.3) is 0 Å². The van der Waals surface area contributed by atoms with Gasteiger partial charge >= 0.3 is 11.9 Å². The van der Waals surface area contributed by atoms with Crippen molar-refractivity contribution in [2.75, 3.05) is 26.4 Å². The molecule has 3 aliphatic heterocycles. The Balaban J connectivity index is 1.64. The Bertz CT molecular complexity index is 1960. The fourth-order valence-electron chi connectivity index (χ4n) is 11.4. The lowest BCUT2D eigenvalue weighted by molar-refractivity contribution is -0.339. The molecule has 0 bridgehead atoms. The number of unbranched alkanes of at least 4 members (excludes halogenated alkanes) is 23. The third-order valence-corrected chi connectivity index (χ3v) is 17.4. The number of nitrogens with one attached hydrogen (secondary N) is 2. The summed E-state index contributed by atoms with van der Waals surface area (Å²) in [4.78, 5) is 51.3. The monoisotopic (exact) mass is 1280 g/mol. The van der Waals surface area contributed by atoms with E-state index in [4.69, 9.17) is 33.2 Å². The van der Waals surface area contributed by atoms with Crippen molar-refractivity contribution in [3.05, 3.63) is 12.2 Å². The van der Waals surface area contributed by atoms with E-state index >= 15 is 0 Å². The summed E-state index contributed by atoms with van der Waals surface area (Å²) in [5.74, 6) is -6.82. The van der Waals surface area contributed by atoms with Crippen molar-refractivity contribution in [1.29, 1.82) is 0 Å². The zero-order chi connectivity index (χ0) is 65.9. The van der Waals surface area contributed by atoms with Crippen molar-refractivity contribution < 1.29 is 114 Å². The minimum Gasteiger partial charge on any atom is -0.477 e. The molecule has 3 heterocycles. The van der Waals surface area contributed by atoms with Gasteiger partial charge in [0.05, 0.1) is 50.2 Å². The van der Waals surface area contributed by atoms with Gasteiger partial charge in [0.2, 0.25) is 11.8 Å². The van der Waals surface area contributed by atoms with Crippen LogP contribution in [0.3, 0.4) is 0 Å². The highest BCUT2D eigenvalue weighted by atomic mass is 16.7. The molecule has 0 aromatic rings. The van der Waals surface area contributed by atoms with Gasteiger partial charge in [-0.2, -0.15) is 0 Å². The molecule has 89 heavy (non-hydrogen) atoms. The van der Waals surface area contributed by atoms with E-state index in [1.807, 2.05) is 0 Å². The first-order chi connectivity index (χ1) is 42.5. The second kappa shape index (κ2) is 44.5. The van der Waals surface area contributed by atoms with Gasteiger partial charge < -0.3 is 105 Å². The Morgan fingerprint density at radius 1 is 0.674 bits per heavy atom. The normalized spacial score (nSPS) is 29.5. The molecule has 0 saturated carbocycles. The van der Waals surface area contributed by atoms with Crippen LogP contribution in [0.4, 0.5) is 0 Å². The standard InChI is InChI=1S/C64H116N2O23/c1-6-8-9-10-11-12-13-14-15-16-17-18-19-20-21-26-29-32-35-46(70)60(80)65-44(45(69)34-31-28-25-23-22-24-27-30-33-41(3)7-2)38-83-62-56(78)54(76)53(75)49(88-62)39-85-64(63(81)82)36-47(71)51(59(89-64)52(74)48(72)37-67)66-50(73)40-84-61-57(79)55(77)58(42(4)86-61)87-43(5)68/h31,34,41-42,44-49,51-59,61-62,67,69-72,74-79H,6-30,32-33,35-40H2,1-5H3,(H,65,80)(H,66,73)(H,81,82)/b34-31+/t41?,42-,44-,45+,46+,47-,48?,49+,51+,52?,53+,54-,55-,56+,57-,58-,59+,61+,62+,64+/m0/s1. The van der Waals surface area contributed by atoms with Crippen molar-refractivity contribution in [1.82, 2.24) is 10.6 Å². The lowest BCUT2D eigenvalue weighted by atomic mass is 9.88. The van der Waals surface area contributed by atoms with Crippen LogP contribution < -0.4 is 10.6 Å². The molecule has 3 fully saturated rings. The number of aliphatic carboxylic acids is 1. The maximum absolute atomic E-state index is 13.5. The average molecular weight is 1280 g/mol. The molecular weight excluding hydrogens is 1160 g/mol. The highest BCUT2D eigenvalue weighted by Gasteiger charge is 2.57. The first kappa shape index (κ1) is 80.2. The van der Waals surface area contributed by atoms with Crippen LogP contribution in [0.5, 0.6) is 0 Å². The molecule has 25 heteroatoms. The van der Waals surface area contributed by atoms with Gasteiger partial charge in [-0.25, -0.2) is 4.79 Å². The fraction of sp³-hybridized carbons (Fsp3) is 0.906. The molecule has 2 amide bonds. The van der Waals surface area contributed by atoms with Gasteiger partial charge in [-0.1, -0.05) is 193 Å². The molecule has 0 spiro atoms. The van der Waals surface area contributed by atoms with Crippen molar-refractivity contribution in [2.45, 2.75) is 337 Å². The van der Waals surface area contributed by atoms with E-state index < -0.39 is 173 Å². The maximum atomic E-state index is 13.5. The Hall–Kier alpha value is -3.06. The molecule has 0 aromatic heterocycles. The lowest BCUT2D eigenvalue weighted by Gasteiger charge is -2.47. The van der Waals surface area contributed by atoms with Crippen LogP contribution >= 0.6 is 0 Å². The number of aliphatic hydroxyl groups excluding tert-OH is 11. The molecule has 3 saturated heterocycles. The van der Waals surface area contributed by atoms with Crippen LogP contribution in [0, 0.1) is 5.92 Å². The average Bonchev–Trinajstić information content (AvgIpc) is 0.953. The van der Waals surface area contributed by atoms with Crippen molar-refractivity contribution in [2.24, 2.45) is 5.92 Å². The minimum atomic E-state index is -2.98. The number of hydrogen-bond acceptors (Lipinski definition) is 22. The predicted molar refractivity (Wildman–Crippen MR) is 326 cm³/mol. The summed E-state index contributed by atoms with van der Waals surface area (Å²) in [5, 5.41) is 135. The molecule has 0 aromatic carbocycles. The van der Waals surface area contributed by atoms with Gasteiger partial charge in [0, 0.05) is 13.3 Å². The summed E-state index contributed by atoms with van der Waals surface area (Å²) < 4.78 is 39.0. The molecular formula is C64H116N2O23. The van der Waals surface area contributed by atoms with E-state index in [0.29, 0.717) is 12.8 Å². The third kappa shape index (κ3) is 29.0. The van der Waals surface area contributed by atoms with Gasteiger partial charge in [0.15, 0.2) is 18.7 Å². The summed E-state index contributed by atoms with van der Waals surface area (Å²) in [6, 6.07) is -3.02. The van der Waals surface area contributed by atoms with Crippen molar-refractivity contribution >= 4 is 23.8 Å². The van der Waals surface area contributed by atoms with E-state index in [-0.39, 0.29) is 6.42 Å². The van der Waals surface area contributed by atoms with Gasteiger partial charge in [0.1, 0.15) is 67.6 Å². The smallest absolute Gasteiger partial charge is 0.364 e. The summed E-state index contributed by atoms with van der Waals surface area (Å²) in [5.41, 5.74) is 0. The molecule has 0 aliphatic carbocycles. The number of carbonyl (C=O) groups excluding carboxylic acids is 3. The predicted octanol–water partition coefficient (Wildman–Crippen LogP) is 3.73. The summed E-state index contributed by atoms with van der Waals surface area (Å²) in [6.07, 6.45) is 5.12. The summed E-state index contributed by atoms with van der Waals surface area (Å²) in [6.45, 7) is 5.55. The number of ether oxygens (including phenoxy) is 7. The van der Waals surface area contributed by atoms with E-state index in [1.165, 1.54) is 122 Å². The van der Waals surface area contributed by atoms with E-state index in [1.54, 1.807) is 6.08 Å². The van der Waals surface area contributed by atoms with E-state index in [0.717, 1.165) is 64.2 Å². The number of carboxylic acids is 1. The van der Waals surface area contributed by atoms with Crippen LogP contribution in [0.15, 0.2) is 12.2 Å². The molecule has 3 rings (SSSR count). The zero-order valence-corrected chi connectivity index (χ0v) is 53.8. The number of allylic oxidation sites excluding steroid dienone is 1. The number of carboxylic acid groups (broad SMARTS) is 1. The first-order valence-corrected chi connectivity index (χ1v) is 33.5. The maximum Gasteiger partial charge on any atom is 0.364 e. The molecule has 3 aliphatic rings. The third-order valence-electron chi connectivity index (χ3n) is 17.4. The van der Waals surface area contributed by atoms with Crippen molar-refractivity contribution in [3.8, 4) is 0 Å². The molecule has 520 valence electrons. The van der Waals surface area contributed by atoms with Gasteiger partial charge in [-0.3, -0.25) is 14.4 Å². The van der Waals surface area contributed by atoms with E-state index in [2.05, 4.69) is 31.4 Å². The summed E-state index contributed by atoms with van der Waals surface area (Å²) >= 11 is 0. The van der Waals surface area contributed by atoms with Crippen LogP contribution in [-0.4, -0.2) is 227 Å².